The van der Waals surface area contributed by atoms with Gasteiger partial charge in [-0.2, -0.15) is 0 Å². The fourth-order valence-electron chi connectivity index (χ4n) is 3.80. The summed E-state index contributed by atoms with van der Waals surface area (Å²) in [7, 11) is 0. The minimum atomic E-state index is -0.733. The van der Waals surface area contributed by atoms with Crippen LogP contribution in [0.15, 0.2) is 12.1 Å². The highest BCUT2D eigenvalue weighted by molar-refractivity contribution is 6.42. The van der Waals surface area contributed by atoms with Gasteiger partial charge >= 0.3 is 0 Å². The van der Waals surface area contributed by atoms with Crippen molar-refractivity contribution >= 4 is 40.7 Å². The van der Waals surface area contributed by atoms with Crippen molar-refractivity contribution in [2.24, 2.45) is 11.8 Å². The summed E-state index contributed by atoms with van der Waals surface area (Å²) in [5, 5.41) is 12.8. The number of benzene rings is 1. The van der Waals surface area contributed by atoms with E-state index in [1.54, 1.807) is 17.0 Å². The topological polar surface area (TPSA) is 69.6 Å². The molecule has 1 aromatic carbocycles. The number of nitrogens with zero attached hydrogens (tertiary/aromatic N) is 1. The van der Waals surface area contributed by atoms with Crippen molar-refractivity contribution in [1.29, 1.82) is 0 Å². The average molecular weight is 355 g/mol. The zero-order chi connectivity index (χ0) is 16.4. The molecule has 1 spiro atoms. The lowest BCUT2D eigenvalue weighted by Crippen LogP contribution is -2.40. The maximum Gasteiger partial charge on any atom is 0.237 e. The van der Waals surface area contributed by atoms with Gasteiger partial charge in [-0.15, -0.1) is 0 Å². The van der Waals surface area contributed by atoms with Gasteiger partial charge in [-0.05, 0) is 36.5 Å². The van der Waals surface area contributed by atoms with Crippen molar-refractivity contribution in [3.63, 3.8) is 0 Å². The minimum absolute atomic E-state index is 0.0437. The number of hydrogen-bond donors (Lipinski definition) is 2. The number of aliphatic hydroxyl groups excluding tert-OH is 1. The molecule has 2 amide bonds. The van der Waals surface area contributed by atoms with Gasteiger partial charge in [-0.1, -0.05) is 23.2 Å². The predicted octanol–water partition coefficient (Wildman–Crippen LogP) is 2.04. The number of rotatable bonds is 2. The van der Waals surface area contributed by atoms with Gasteiger partial charge in [-0.3, -0.25) is 9.59 Å². The molecule has 0 bridgehead atoms. The largest absolute Gasteiger partial charge is 0.396 e. The number of hydrogen-bond acceptors (Lipinski definition) is 3. The third-order valence-corrected chi connectivity index (χ3v) is 6.04. The van der Waals surface area contributed by atoms with Crippen LogP contribution in [0, 0.1) is 11.8 Å². The molecule has 1 saturated carbocycles. The van der Waals surface area contributed by atoms with Gasteiger partial charge in [0.15, 0.2) is 0 Å². The van der Waals surface area contributed by atoms with Crippen LogP contribution in [-0.2, 0) is 15.0 Å². The normalized spacial score (nSPS) is 31.4. The molecule has 5 nitrogen and oxygen atoms in total. The van der Waals surface area contributed by atoms with Gasteiger partial charge < -0.3 is 15.3 Å². The van der Waals surface area contributed by atoms with E-state index < -0.39 is 5.41 Å². The van der Waals surface area contributed by atoms with Gasteiger partial charge in [-0.25, -0.2) is 0 Å². The van der Waals surface area contributed by atoms with E-state index in [9.17, 15) is 9.59 Å². The molecule has 2 aliphatic heterocycles. The second-order valence-corrected chi connectivity index (χ2v) is 7.46. The number of carbonyl (C=O) groups excluding carboxylic acids is 2. The molecular weight excluding hydrogens is 339 g/mol. The number of fused-ring (bicyclic) bond motifs is 2. The summed E-state index contributed by atoms with van der Waals surface area (Å²) in [5.41, 5.74) is 0.767. The van der Waals surface area contributed by atoms with Crippen LogP contribution in [0.25, 0.3) is 0 Å². The van der Waals surface area contributed by atoms with Crippen LogP contribution in [0.4, 0.5) is 5.69 Å². The summed E-state index contributed by atoms with van der Waals surface area (Å²) in [6.45, 7) is 0.949. The Morgan fingerprint density at radius 3 is 2.83 bits per heavy atom. The first kappa shape index (κ1) is 15.2. The lowest BCUT2D eigenvalue weighted by molar-refractivity contribution is -0.132. The maximum absolute atomic E-state index is 12.6. The number of halogens is 2. The Morgan fingerprint density at radius 2 is 2.13 bits per heavy atom. The molecule has 7 heteroatoms. The van der Waals surface area contributed by atoms with Crippen LogP contribution in [0.3, 0.4) is 0 Å². The summed E-state index contributed by atoms with van der Waals surface area (Å²) in [5.74, 6) is -0.0669. The van der Waals surface area contributed by atoms with E-state index in [-0.39, 0.29) is 30.3 Å². The molecule has 0 aromatic heterocycles. The fraction of sp³-hybridized carbons (Fsp3) is 0.500. The van der Waals surface area contributed by atoms with Crippen LogP contribution in [0.2, 0.25) is 10.0 Å². The van der Waals surface area contributed by atoms with E-state index in [0.717, 1.165) is 12.0 Å². The van der Waals surface area contributed by atoms with Gasteiger partial charge in [0, 0.05) is 31.3 Å². The van der Waals surface area contributed by atoms with Gasteiger partial charge in [0.1, 0.15) is 0 Å². The second kappa shape index (κ2) is 5.10. The average Bonchev–Trinajstić information content (AvgIpc) is 3.11. The van der Waals surface area contributed by atoms with E-state index in [1.165, 1.54) is 0 Å². The van der Waals surface area contributed by atoms with Crippen molar-refractivity contribution in [2.75, 3.05) is 25.0 Å². The molecule has 23 heavy (non-hydrogen) atoms. The number of likely N-dealkylation sites (tertiary alicyclic amines) is 1. The van der Waals surface area contributed by atoms with Gasteiger partial charge in [0.2, 0.25) is 11.8 Å². The Morgan fingerprint density at radius 1 is 1.39 bits per heavy atom. The second-order valence-electron chi connectivity index (χ2n) is 6.64. The molecular formula is C16H16Cl2N2O3. The van der Waals surface area contributed by atoms with Crippen LogP contribution in [0.1, 0.15) is 18.4 Å². The minimum Gasteiger partial charge on any atom is -0.396 e. The predicted molar refractivity (Wildman–Crippen MR) is 86.6 cm³/mol. The highest BCUT2D eigenvalue weighted by atomic mass is 35.5. The van der Waals surface area contributed by atoms with Gasteiger partial charge in [0.25, 0.3) is 0 Å². The lowest BCUT2D eigenvalue weighted by Gasteiger charge is -2.23. The number of aliphatic hydroxyl groups is 1. The number of carbonyl (C=O) groups is 2. The molecule has 122 valence electrons. The van der Waals surface area contributed by atoms with Crippen LogP contribution in [0.5, 0.6) is 0 Å². The molecule has 0 radical (unpaired) electrons. The van der Waals surface area contributed by atoms with Crippen molar-refractivity contribution in [3.05, 3.63) is 27.7 Å². The SMILES string of the molecule is O=C([C@@H]1C[C@H]1CO)N1CC[C@]2(C1)C(=O)Nc1cc(Cl)c(Cl)cc12. The first-order valence-electron chi connectivity index (χ1n) is 7.67. The molecule has 2 fully saturated rings. The molecule has 2 heterocycles. The quantitative estimate of drug-likeness (QED) is 0.853. The Balaban J connectivity index is 1.62. The van der Waals surface area contributed by atoms with Crippen molar-refractivity contribution in [2.45, 2.75) is 18.3 Å². The molecule has 2 N–H and O–H groups in total. The summed E-state index contributed by atoms with van der Waals surface area (Å²) in [4.78, 5) is 26.8. The lowest BCUT2D eigenvalue weighted by atomic mass is 9.81. The molecule has 1 saturated heterocycles. The molecule has 3 aliphatic rings. The monoisotopic (exact) mass is 354 g/mol. The smallest absolute Gasteiger partial charge is 0.237 e. The van der Waals surface area contributed by atoms with E-state index in [2.05, 4.69) is 5.32 Å². The standard InChI is InChI=1S/C16H16Cl2N2O3/c17-11-4-10-13(5-12(11)18)19-15(23)16(10)1-2-20(7-16)14(22)9-3-8(9)6-21/h4-5,8-9,21H,1-3,6-7H2,(H,19,23)/t8-,9+,16+/m0/s1. The zero-order valence-corrected chi connectivity index (χ0v) is 13.8. The van der Waals surface area contributed by atoms with Crippen molar-refractivity contribution in [1.82, 2.24) is 4.90 Å². The Kier molecular flexibility index (Phi) is 3.38. The Hall–Kier alpha value is -1.30. The summed E-state index contributed by atoms with van der Waals surface area (Å²) in [6.07, 6.45) is 1.31. The Labute approximate surface area is 143 Å². The molecule has 0 unspecified atom stereocenters. The summed E-state index contributed by atoms with van der Waals surface area (Å²) in [6, 6.07) is 3.40. The maximum atomic E-state index is 12.6. The summed E-state index contributed by atoms with van der Waals surface area (Å²) < 4.78 is 0. The molecule has 1 aliphatic carbocycles. The zero-order valence-electron chi connectivity index (χ0n) is 12.3. The number of anilines is 1. The van der Waals surface area contributed by atoms with E-state index >= 15 is 0 Å². The first-order valence-corrected chi connectivity index (χ1v) is 8.42. The van der Waals surface area contributed by atoms with E-state index in [1.807, 2.05) is 0 Å². The summed E-state index contributed by atoms with van der Waals surface area (Å²) >= 11 is 12.1. The van der Waals surface area contributed by atoms with E-state index in [0.29, 0.717) is 35.2 Å². The number of nitrogens with one attached hydrogen (secondary N) is 1. The highest BCUT2D eigenvalue weighted by Crippen LogP contribution is 2.48. The van der Waals surface area contributed by atoms with E-state index in [4.69, 9.17) is 28.3 Å². The van der Waals surface area contributed by atoms with Crippen molar-refractivity contribution in [3.8, 4) is 0 Å². The fourth-order valence-corrected chi connectivity index (χ4v) is 4.13. The Bertz CT molecular complexity index is 724. The first-order chi connectivity index (χ1) is 11.0. The van der Waals surface area contributed by atoms with Gasteiger partial charge in [0.05, 0.1) is 15.5 Å². The molecule has 3 atom stereocenters. The molecule has 1 aromatic rings. The molecule has 4 rings (SSSR count). The third-order valence-electron chi connectivity index (χ3n) is 5.31. The van der Waals surface area contributed by atoms with Crippen LogP contribution < -0.4 is 5.32 Å². The van der Waals surface area contributed by atoms with Crippen molar-refractivity contribution < 1.29 is 14.7 Å². The third kappa shape index (κ3) is 2.17. The number of amides is 2. The van der Waals surface area contributed by atoms with Crippen LogP contribution >= 0.6 is 23.2 Å². The highest BCUT2D eigenvalue weighted by Gasteiger charge is 2.54. The van der Waals surface area contributed by atoms with Crippen LogP contribution in [-0.4, -0.2) is 41.5 Å².